The standard InChI is InChI=1S/C28H26F10N2O8S2/c1-26(2,3)47-23(42)21(50-49-7-8(39)22(41)45-19-15(35)11(31)9(29)12(32)16(19)36)28(40,25(44)48-27(4,5)6)24(43)46-20-17(37)13(33)10(30)14(34)18(20)38/h8,21H,7,39-40H2,1-6H3. The molecule has 0 heterocycles. The number of benzene rings is 2. The highest BCUT2D eigenvalue weighted by molar-refractivity contribution is 8.77. The van der Waals surface area contributed by atoms with Crippen LogP contribution < -0.4 is 20.9 Å². The molecular formula is C28H26F10N2O8S2. The molecule has 0 aliphatic heterocycles. The second kappa shape index (κ2) is 15.6. The maximum atomic E-state index is 14.4. The Kier molecular flexibility index (Phi) is 13.3. The lowest BCUT2D eigenvalue weighted by Crippen LogP contribution is -2.67. The summed E-state index contributed by atoms with van der Waals surface area (Å²) in [4.78, 5) is 52.6. The minimum Gasteiger partial charge on any atom is -0.459 e. The quantitative estimate of drug-likeness (QED) is 0.0597. The monoisotopic (exact) mass is 772 g/mol. The first-order valence-corrected chi connectivity index (χ1v) is 15.8. The smallest absolute Gasteiger partial charge is 0.345 e. The van der Waals surface area contributed by atoms with E-state index < -0.39 is 127 Å². The van der Waals surface area contributed by atoms with Crippen molar-refractivity contribution in [1.82, 2.24) is 0 Å². The van der Waals surface area contributed by atoms with Crippen molar-refractivity contribution in [2.24, 2.45) is 11.5 Å². The summed E-state index contributed by atoms with van der Waals surface area (Å²) in [5, 5.41) is -2.44. The molecule has 22 heteroatoms. The summed E-state index contributed by atoms with van der Waals surface area (Å²) in [6.45, 7) is 7.60. The van der Waals surface area contributed by atoms with Crippen LogP contribution >= 0.6 is 21.6 Å². The summed E-state index contributed by atoms with van der Waals surface area (Å²) < 4.78 is 157. The third-order valence-electron chi connectivity index (χ3n) is 5.56. The molecule has 3 atom stereocenters. The molecule has 0 aliphatic rings. The van der Waals surface area contributed by atoms with Gasteiger partial charge in [-0.25, -0.2) is 40.7 Å². The molecule has 0 amide bonds. The zero-order valence-electron chi connectivity index (χ0n) is 26.4. The molecule has 0 radical (unpaired) electrons. The average Bonchev–Trinajstić information content (AvgIpc) is 3.00. The van der Waals surface area contributed by atoms with Crippen molar-refractivity contribution in [1.29, 1.82) is 0 Å². The lowest BCUT2D eigenvalue weighted by atomic mass is 9.95. The number of hydrogen-bond acceptors (Lipinski definition) is 12. The molecule has 0 aromatic heterocycles. The third kappa shape index (κ3) is 9.31. The number of carbonyl (C=O) groups excluding carboxylic acids is 4. The Labute approximate surface area is 283 Å². The zero-order valence-corrected chi connectivity index (χ0v) is 28.0. The number of esters is 4. The number of rotatable bonds is 11. The van der Waals surface area contributed by atoms with Crippen LogP contribution in [-0.4, -0.2) is 57.7 Å². The lowest BCUT2D eigenvalue weighted by molar-refractivity contribution is -0.174. The van der Waals surface area contributed by atoms with Crippen LogP contribution in [0.4, 0.5) is 43.9 Å². The molecule has 2 aromatic rings. The Balaban J connectivity index is 2.54. The normalized spacial score (nSPS) is 14.4. The van der Waals surface area contributed by atoms with Gasteiger partial charge in [0.05, 0.1) is 0 Å². The molecule has 0 spiro atoms. The first-order chi connectivity index (χ1) is 22.7. The number of hydrogen-bond donors (Lipinski definition) is 2. The maximum absolute atomic E-state index is 14.4. The minimum atomic E-state index is -3.56. The predicted octanol–water partition coefficient (Wildman–Crippen LogP) is 5.05. The average molecular weight is 773 g/mol. The largest absolute Gasteiger partial charge is 0.459 e. The molecule has 2 aromatic carbocycles. The first kappa shape index (κ1) is 42.4. The van der Waals surface area contributed by atoms with Gasteiger partial charge in [-0.2, -0.15) is 17.6 Å². The third-order valence-corrected chi connectivity index (χ3v) is 8.34. The molecule has 278 valence electrons. The number of nitrogens with two attached hydrogens (primary N) is 2. The summed E-state index contributed by atoms with van der Waals surface area (Å²) >= 11 is 0. The summed E-state index contributed by atoms with van der Waals surface area (Å²) in [6.07, 6.45) is 0. The molecule has 3 unspecified atom stereocenters. The van der Waals surface area contributed by atoms with Crippen LogP contribution in [0.15, 0.2) is 0 Å². The minimum absolute atomic E-state index is 0.0671. The molecule has 4 N–H and O–H groups in total. The van der Waals surface area contributed by atoms with Gasteiger partial charge < -0.3 is 30.4 Å². The van der Waals surface area contributed by atoms with Gasteiger partial charge in [-0.05, 0) is 41.5 Å². The summed E-state index contributed by atoms with van der Waals surface area (Å²) in [6, 6.07) is -2.02. The van der Waals surface area contributed by atoms with Crippen molar-refractivity contribution in [3.63, 3.8) is 0 Å². The van der Waals surface area contributed by atoms with E-state index in [1.807, 2.05) is 0 Å². The number of ether oxygens (including phenoxy) is 4. The molecule has 0 bridgehead atoms. The van der Waals surface area contributed by atoms with Gasteiger partial charge >= 0.3 is 23.9 Å². The van der Waals surface area contributed by atoms with E-state index in [2.05, 4.69) is 9.47 Å². The molecular weight excluding hydrogens is 746 g/mol. The Hall–Kier alpha value is -3.76. The Bertz CT molecular complexity index is 1650. The van der Waals surface area contributed by atoms with E-state index in [9.17, 15) is 63.1 Å². The van der Waals surface area contributed by atoms with Crippen molar-refractivity contribution >= 4 is 45.5 Å². The molecule has 50 heavy (non-hydrogen) atoms. The van der Waals surface area contributed by atoms with Crippen molar-refractivity contribution < 1.29 is 82.0 Å². The Morgan fingerprint density at radius 3 is 1.32 bits per heavy atom. The highest BCUT2D eigenvalue weighted by atomic mass is 33.1. The van der Waals surface area contributed by atoms with Gasteiger partial charge in [0.1, 0.15) is 17.2 Å². The van der Waals surface area contributed by atoms with Gasteiger partial charge in [-0.3, -0.25) is 4.79 Å². The fourth-order valence-corrected chi connectivity index (χ4v) is 6.01. The molecule has 2 rings (SSSR count). The summed E-state index contributed by atoms with van der Waals surface area (Å²) in [5.74, 6) is -38.2. The van der Waals surface area contributed by atoms with Crippen LogP contribution in [0, 0.1) is 58.2 Å². The van der Waals surface area contributed by atoms with Gasteiger partial charge in [0.25, 0.3) is 0 Å². The molecule has 0 aliphatic carbocycles. The molecule has 0 saturated carbocycles. The highest BCUT2D eigenvalue weighted by Gasteiger charge is 2.58. The van der Waals surface area contributed by atoms with Crippen LogP contribution in [0.5, 0.6) is 11.5 Å². The van der Waals surface area contributed by atoms with Gasteiger partial charge in [0.2, 0.25) is 75.2 Å². The van der Waals surface area contributed by atoms with E-state index in [0.29, 0.717) is 0 Å². The maximum Gasteiger partial charge on any atom is 0.345 e. The molecule has 10 nitrogen and oxygen atoms in total. The highest BCUT2D eigenvalue weighted by Crippen LogP contribution is 2.38. The van der Waals surface area contributed by atoms with Crippen LogP contribution in [0.2, 0.25) is 0 Å². The number of carbonyl (C=O) groups is 4. The van der Waals surface area contributed by atoms with Crippen molar-refractivity contribution in [2.45, 2.75) is 69.6 Å². The van der Waals surface area contributed by atoms with Crippen LogP contribution in [-0.2, 0) is 28.7 Å². The van der Waals surface area contributed by atoms with E-state index in [4.69, 9.17) is 20.9 Å². The zero-order chi connectivity index (χ0) is 38.8. The number of halogens is 10. The topological polar surface area (TPSA) is 157 Å². The van der Waals surface area contributed by atoms with Crippen molar-refractivity contribution in [2.75, 3.05) is 5.75 Å². The van der Waals surface area contributed by atoms with E-state index in [-0.39, 0.29) is 21.6 Å². The fraction of sp³-hybridized carbons (Fsp3) is 0.429. The second-order valence-corrected chi connectivity index (χ2v) is 14.4. The Morgan fingerprint density at radius 1 is 0.580 bits per heavy atom. The lowest BCUT2D eigenvalue weighted by Gasteiger charge is -2.34. The van der Waals surface area contributed by atoms with Crippen molar-refractivity contribution in [3.05, 3.63) is 58.2 Å². The SMILES string of the molecule is CC(C)(C)OC(=O)C(SSCC(N)C(=O)Oc1c(F)c(F)c(F)c(F)c1F)C(N)(C(=O)Oc1c(F)c(F)c(F)c(F)c1F)C(=O)OC(C)(C)C. The van der Waals surface area contributed by atoms with Crippen LogP contribution in [0.1, 0.15) is 41.5 Å². The summed E-state index contributed by atoms with van der Waals surface area (Å²) in [5.41, 5.74) is 5.14. The van der Waals surface area contributed by atoms with Gasteiger partial charge in [-0.1, -0.05) is 21.6 Å². The second-order valence-electron chi connectivity index (χ2n) is 11.9. The van der Waals surface area contributed by atoms with Gasteiger partial charge in [0.15, 0.2) is 5.25 Å². The van der Waals surface area contributed by atoms with E-state index in [0.717, 1.165) is 0 Å². The fourth-order valence-electron chi connectivity index (χ4n) is 3.27. The van der Waals surface area contributed by atoms with Gasteiger partial charge in [0, 0.05) is 5.75 Å². The van der Waals surface area contributed by atoms with Gasteiger partial charge in [-0.15, -0.1) is 0 Å². The van der Waals surface area contributed by atoms with Crippen LogP contribution in [0.3, 0.4) is 0 Å². The van der Waals surface area contributed by atoms with E-state index in [1.165, 1.54) is 41.5 Å². The molecule has 0 saturated heterocycles. The first-order valence-electron chi connectivity index (χ1n) is 13.4. The molecule has 0 fully saturated rings. The van der Waals surface area contributed by atoms with Crippen LogP contribution in [0.25, 0.3) is 0 Å². The van der Waals surface area contributed by atoms with E-state index >= 15 is 0 Å². The van der Waals surface area contributed by atoms with Crippen molar-refractivity contribution in [3.8, 4) is 11.5 Å². The van der Waals surface area contributed by atoms with E-state index in [1.54, 1.807) is 0 Å². The summed E-state index contributed by atoms with van der Waals surface area (Å²) in [7, 11) is 0.327. The predicted molar refractivity (Wildman–Crippen MR) is 154 cm³/mol. The Morgan fingerprint density at radius 2 is 0.940 bits per heavy atom.